The minimum absolute atomic E-state index is 0.287. The molecule has 2 amide bonds. The molecular weight excluding hydrogens is 260 g/mol. The molecule has 0 radical (unpaired) electrons. The van der Waals surface area contributed by atoms with Crippen LogP contribution in [0, 0.1) is 0 Å². The third kappa shape index (κ3) is 2.87. The van der Waals surface area contributed by atoms with E-state index in [0.29, 0.717) is 37.5 Å². The number of carbonyl (C=O) groups is 2. The highest BCUT2D eigenvalue weighted by atomic mass is 16.5. The molecule has 0 aliphatic carbocycles. The van der Waals surface area contributed by atoms with Gasteiger partial charge in [-0.05, 0) is 12.1 Å². The molecule has 0 saturated carbocycles. The van der Waals surface area contributed by atoms with Crippen LogP contribution in [0.15, 0.2) is 24.3 Å². The minimum Gasteiger partial charge on any atom is -0.382 e. The van der Waals surface area contributed by atoms with Crippen molar-refractivity contribution in [2.45, 2.75) is 0 Å². The summed E-state index contributed by atoms with van der Waals surface area (Å²) in [5, 5.41) is 2.74. The first-order chi connectivity index (χ1) is 9.66. The van der Waals surface area contributed by atoms with E-state index in [1.165, 1.54) is 0 Å². The molecular formula is C14H18N2O4. The molecule has 1 heterocycles. The number of methoxy groups -OCH3 is 1. The molecule has 0 unspecified atom stereocenters. The zero-order chi connectivity index (χ0) is 14.5. The van der Waals surface area contributed by atoms with Gasteiger partial charge in [0.15, 0.2) is 0 Å². The lowest BCUT2D eigenvalue weighted by molar-refractivity contribution is -0.00406. The zero-order valence-corrected chi connectivity index (χ0v) is 11.7. The van der Waals surface area contributed by atoms with E-state index in [2.05, 4.69) is 0 Å². The second-order valence-electron chi connectivity index (χ2n) is 4.45. The van der Waals surface area contributed by atoms with Gasteiger partial charge in [-0.2, -0.15) is 0 Å². The van der Waals surface area contributed by atoms with Crippen LogP contribution < -0.4 is 0 Å². The van der Waals surface area contributed by atoms with E-state index < -0.39 is 0 Å². The smallest absolute Gasteiger partial charge is 0.276 e. The predicted molar refractivity (Wildman–Crippen MR) is 72.3 cm³/mol. The Balaban J connectivity index is 1.93. The van der Waals surface area contributed by atoms with Crippen molar-refractivity contribution in [1.82, 2.24) is 10.0 Å². The number of rotatable bonds is 7. The molecule has 0 spiro atoms. The molecule has 1 aliphatic rings. The van der Waals surface area contributed by atoms with Crippen molar-refractivity contribution in [2.24, 2.45) is 0 Å². The summed E-state index contributed by atoms with van der Waals surface area (Å²) in [6, 6.07) is 6.83. The van der Waals surface area contributed by atoms with Crippen molar-refractivity contribution in [3.8, 4) is 0 Å². The number of likely N-dealkylation sites (N-methyl/N-ethyl adjacent to an activating group) is 1. The number of hydrazine groups is 1. The molecule has 0 bridgehead atoms. The van der Waals surface area contributed by atoms with Crippen LogP contribution in [0.5, 0.6) is 0 Å². The summed E-state index contributed by atoms with van der Waals surface area (Å²) in [5.41, 5.74) is 0.898. The van der Waals surface area contributed by atoms with Crippen LogP contribution in [0.4, 0.5) is 0 Å². The molecule has 1 aliphatic heterocycles. The lowest BCUT2D eigenvalue weighted by Gasteiger charge is -2.25. The fourth-order valence-corrected chi connectivity index (χ4v) is 2.03. The number of imide groups is 1. The number of ether oxygens (including phenoxy) is 2. The number of fused-ring (bicyclic) bond motifs is 1. The van der Waals surface area contributed by atoms with Gasteiger partial charge in [0.05, 0.1) is 30.9 Å². The van der Waals surface area contributed by atoms with Gasteiger partial charge in [0.25, 0.3) is 11.8 Å². The van der Waals surface area contributed by atoms with Crippen LogP contribution in [0.1, 0.15) is 20.7 Å². The van der Waals surface area contributed by atoms with Crippen LogP contribution in [0.25, 0.3) is 0 Å². The number of hydrogen-bond donors (Lipinski definition) is 0. The maximum Gasteiger partial charge on any atom is 0.276 e. The van der Waals surface area contributed by atoms with Crippen molar-refractivity contribution in [1.29, 1.82) is 0 Å². The Kier molecular flexibility index (Phi) is 4.84. The third-order valence-electron chi connectivity index (χ3n) is 3.11. The Hall–Kier alpha value is -1.76. The second kappa shape index (κ2) is 6.60. The quantitative estimate of drug-likeness (QED) is 0.545. The highest BCUT2D eigenvalue weighted by molar-refractivity contribution is 6.20. The van der Waals surface area contributed by atoms with Gasteiger partial charge in [0.1, 0.15) is 0 Å². The first-order valence-electron chi connectivity index (χ1n) is 6.42. The van der Waals surface area contributed by atoms with Crippen LogP contribution in [-0.2, 0) is 9.47 Å². The average Bonchev–Trinajstić information content (AvgIpc) is 2.71. The standard InChI is InChI=1S/C14H18N2O4/c1-15(7-8-20-10-9-19-2)16-13(17)11-5-3-4-6-12(11)14(16)18/h3-6H,7-10H2,1-2H3. The molecule has 2 rings (SSSR count). The lowest BCUT2D eigenvalue weighted by Crippen LogP contribution is -2.45. The van der Waals surface area contributed by atoms with Gasteiger partial charge in [-0.3, -0.25) is 9.59 Å². The molecule has 108 valence electrons. The van der Waals surface area contributed by atoms with Gasteiger partial charge >= 0.3 is 0 Å². The van der Waals surface area contributed by atoms with Crippen LogP contribution in [-0.4, -0.2) is 62.4 Å². The fourth-order valence-electron chi connectivity index (χ4n) is 2.03. The molecule has 0 aromatic heterocycles. The Morgan fingerprint density at radius 3 is 2.20 bits per heavy atom. The van der Waals surface area contributed by atoms with Crippen molar-refractivity contribution in [2.75, 3.05) is 40.5 Å². The van der Waals surface area contributed by atoms with Crippen LogP contribution in [0.2, 0.25) is 0 Å². The van der Waals surface area contributed by atoms with E-state index >= 15 is 0 Å². The summed E-state index contributed by atoms with van der Waals surface area (Å²) in [7, 11) is 3.30. The van der Waals surface area contributed by atoms with Crippen molar-refractivity contribution in [3.63, 3.8) is 0 Å². The highest BCUT2D eigenvalue weighted by Gasteiger charge is 2.37. The SMILES string of the molecule is COCCOCCN(C)N1C(=O)c2ccccc2C1=O. The lowest BCUT2D eigenvalue weighted by atomic mass is 10.1. The Bertz CT molecular complexity index is 469. The number of amides is 2. The molecule has 1 aromatic carbocycles. The predicted octanol–water partition coefficient (Wildman–Crippen LogP) is 0.792. The van der Waals surface area contributed by atoms with Crippen LogP contribution in [0.3, 0.4) is 0 Å². The number of nitrogens with zero attached hydrogens (tertiary/aromatic N) is 2. The summed E-state index contributed by atoms with van der Waals surface area (Å²) >= 11 is 0. The topological polar surface area (TPSA) is 59.1 Å². The van der Waals surface area contributed by atoms with E-state index in [1.807, 2.05) is 0 Å². The maximum atomic E-state index is 12.2. The number of hydrogen-bond acceptors (Lipinski definition) is 5. The van der Waals surface area contributed by atoms with Gasteiger partial charge in [0.2, 0.25) is 0 Å². The first kappa shape index (κ1) is 14.6. The first-order valence-corrected chi connectivity index (χ1v) is 6.42. The summed E-state index contributed by atoms with van der Waals surface area (Å²) < 4.78 is 10.2. The third-order valence-corrected chi connectivity index (χ3v) is 3.11. The van der Waals surface area contributed by atoms with Gasteiger partial charge in [-0.1, -0.05) is 12.1 Å². The molecule has 0 saturated heterocycles. The Labute approximate surface area is 117 Å². The number of carbonyl (C=O) groups excluding carboxylic acids is 2. The number of benzene rings is 1. The van der Waals surface area contributed by atoms with Gasteiger partial charge in [-0.25, -0.2) is 10.0 Å². The van der Waals surface area contributed by atoms with Crippen molar-refractivity contribution in [3.05, 3.63) is 35.4 Å². The second-order valence-corrected chi connectivity index (χ2v) is 4.45. The largest absolute Gasteiger partial charge is 0.382 e. The molecule has 20 heavy (non-hydrogen) atoms. The molecule has 0 fully saturated rings. The van der Waals surface area contributed by atoms with E-state index in [0.717, 1.165) is 5.01 Å². The molecule has 6 heteroatoms. The normalized spacial score (nSPS) is 14.2. The highest BCUT2D eigenvalue weighted by Crippen LogP contribution is 2.23. The van der Waals surface area contributed by atoms with Crippen molar-refractivity contribution < 1.29 is 19.1 Å². The average molecular weight is 278 g/mol. The minimum atomic E-state index is -0.287. The van der Waals surface area contributed by atoms with E-state index in [4.69, 9.17) is 9.47 Å². The van der Waals surface area contributed by atoms with E-state index in [9.17, 15) is 9.59 Å². The van der Waals surface area contributed by atoms with Gasteiger partial charge in [0, 0.05) is 20.7 Å². The van der Waals surface area contributed by atoms with Crippen LogP contribution >= 0.6 is 0 Å². The molecule has 1 aromatic rings. The Morgan fingerprint density at radius 2 is 1.65 bits per heavy atom. The van der Waals surface area contributed by atoms with E-state index in [1.54, 1.807) is 43.4 Å². The summed E-state index contributed by atoms with van der Waals surface area (Å²) in [6.45, 7) is 1.89. The molecule has 0 N–H and O–H groups in total. The van der Waals surface area contributed by atoms with Gasteiger partial charge in [-0.15, -0.1) is 0 Å². The molecule has 6 nitrogen and oxygen atoms in total. The summed E-state index contributed by atoms with van der Waals surface area (Å²) in [4.78, 5) is 24.4. The maximum absolute atomic E-state index is 12.2. The monoisotopic (exact) mass is 278 g/mol. The van der Waals surface area contributed by atoms with E-state index in [-0.39, 0.29) is 11.8 Å². The van der Waals surface area contributed by atoms with Gasteiger partial charge < -0.3 is 9.47 Å². The fraction of sp³-hybridized carbons (Fsp3) is 0.429. The molecule has 0 atom stereocenters. The summed E-state index contributed by atoms with van der Waals surface area (Å²) in [6.07, 6.45) is 0. The van der Waals surface area contributed by atoms with Crippen molar-refractivity contribution >= 4 is 11.8 Å². The zero-order valence-electron chi connectivity index (χ0n) is 11.7. The summed E-state index contributed by atoms with van der Waals surface area (Å²) in [5.74, 6) is -0.574. The Morgan fingerprint density at radius 1 is 1.05 bits per heavy atom.